The second-order valence-corrected chi connectivity index (χ2v) is 8.52. The van der Waals surface area contributed by atoms with Crippen molar-refractivity contribution in [2.45, 2.75) is 25.7 Å². The van der Waals surface area contributed by atoms with Crippen molar-refractivity contribution in [1.29, 1.82) is 0 Å². The van der Waals surface area contributed by atoms with Crippen LogP contribution in [0.15, 0.2) is 47.4 Å². The fourth-order valence-corrected chi connectivity index (χ4v) is 4.54. The molecule has 0 unspecified atom stereocenters. The minimum Gasteiger partial charge on any atom is -0.289 e. The highest BCUT2D eigenvalue weighted by Crippen LogP contribution is 2.18. The molecule has 0 amide bonds. The van der Waals surface area contributed by atoms with E-state index in [-0.39, 0.29) is 10.7 Å². The number of sulfonamides is 1. The number of rotatable bonds is 7. The van der Waals surface area contributed by atoms with Gasteiger partial charge in [-0.3, -0.25) is 4.79 Å². The van der Waals surface area contributed by atoms with Gasteiger partial charge in [0.2, 0.25) is 10.0 Å². The maximum Gasteiger partial charge on any atom is 0.243 e. The number of carbonyl (C=O) groups excluding carboxylic acids is 1. The van der Waals surface area contributed by atoms with Gasteiger partial charge >= 0.3 is 0 Å². The Morgan fingerprint density at radius 3 is 2.21 bits per heavy atom. The minimum absolute atomic E-state index is 0.146. The highest BCUT2D eigenvalue weighted by atomic mass is 32.2. The van der Waals surface area contributed by atoms with E-state index in [4.69, 9.17) is 0 Å². The van der Waals surface area contributed by atoms with E-state index in [1.54, 1.807) is 43.4 Å². The third-order valence-corrected chi connectivity index (χ3v) is 6.67. The number of hydrogen-bond donors (Lipinski definition) is 0. The third-order valence-electron chi connectivity index (χ3n) is 3.64. The number of ketones is 1. The van der Waals surface area contributed by atoms with Crippen LogP contribution in [0.2, 0.25) is 0 Å². The molecule has 0 saturated carbocycles. The average molecular weight is 364 g/mol. The van der Waals surface area contributed by atoms with Crippen LogP contribution in [-0.4, -0.2) is 31.6 Å². The molecule has 24 heavy (non-hydrogen) atoms. The predicted octanol–water partition coefficient (Wildman–Crippen LogP) is 3.98. The number of nitrogens with zero attached hydrogens (tertiary/aromatic N) is 1. The van der Waals surface area contributed by atoms with Crippen molar-refractivity contribution in [2.75, 3.05) is 13.1 Å². The zero-order valence-electron chi connectivity index (χ0n) is 14.0. The summed E-state index contributed by atoms with van der Waals surface area (Å²) in [4.78, 5) is 14.6. The van der Waals surface area contributed by atoms with Gasteiger partial charge in [-0.25, -0.2) is 8.42 Å². The van der Waals surface area contributed by atoms with Gasteiger partial charge in [-0.15, -0.1) is 11.3 Å². The van der Waals surface area contributed by atoms with Crippen LogP contribution in [0, 0.1) is 6.92 Å². The van der Waals surface area contributed by atoms with E-state index in [2.05, 4.69) is 0 Å². The topological polar surface area (TPSA) is 54.5 Å². The quantitative estimate of drug-likeness (QED) is 0.552. The van der Waals surface area contributed by atoms with Crippen molar-refractivity contribution in [3.63, 3.8) is 0 Å². The molecule has 0 aliphatic carbocycles. The van der Waals surface area contributed by atoms with E-state index in [0.717, 1.165) is 4.88 Å². The first-order chi connectivity index (χ1) is 11.4. The number of hydrogen-bond acceptors (Lipinski definition) is 4. The lowest BCUT2D eigenvalue weighted by molar-refractivity contribution is 0.104. The van der Waals surface area contributed by atoms with Gasteiger partial charge in [-0.2, -0.15) is 4.31 Å². The maximum absolute atomic E-state index is 12.4. The Bertz CT molecular complexity index is 829. The molecule has 0 fully saturated rings. The number of thiophene rings is 1. The SMILES string of the molecule is CCN(CC)S(=O)(=O)c1ccc(C(=O)C=Cc2ccc(C)s2)cc1. The Balaban J connectivity index is 2.17. The Kier molecular flexibility index (Phi) is 6.10. The monoisotopic (exact) mass is 363 g/mol. The first-order valence-electron chi connectivity index (χ1n) is 7.77. The first-order valence-corrected chi connectivity index (χ1v) is 10.0. The third kappa shape index (κ3) is 4.20. The van der Waals surface area contributed by atoms with Crippen LogP contribution in [0.4, 0.5) is 0 Å². The normalized spacial score (nSPS) is 12.2. The molecular weight excluding hydrogens is 342 g/mol. The molecule has 128 valence electrons. The Labute approximate surface area is 147 Å². The summed E-state index contributed by atoms with van der Waals surface area (Å²) < 4.78 is 26.2. The standard InChI is InChI=1S/C18H21NO3S2/c1-4-19(5-2)24(21,22)17-11-7-15(8-12-17)18(20)13-10-16-9-6-14(3)23-16/h6-13H,4-5H2,1-3H3. The van der Waals surface area contributed by atoms with Crippen molar-refractivity contribution in [2.24, 2.45) is 0 Å². The van der Waals surface area contributed by atoms with Crippen LogP contribution in [0.1, 0.15) is 34.0 Å². The van der Waals surface area contributed by atoms with Gasteiger partial charge in [0.05, 0.1) is 4.90 Å². The fourth-order valence-electron chi connectivity index (χ4n) is 2.30. The molecule has 1 aromatic heterocycles. The summed E-state index contributed by atoms with van der Waals surface area (Å²) in [5, 5.41) is 0. The van der Waals surface area contributed by atoms with Gasteiger partial charge in [-0.05, 0) is 55.5 Å². The van der Waals surface area contributed by atoms with E-state index in [0.29, 0.717) is 18.7 Å². The number of aryl methyl sites for hydroxylation is 1. The summed E-state index contributed by atoms with van der Waals surface area (Å²) in [6.45, 7) is 6.45. The van der Waals surface area contributed by atoms with Crippen molar-refractivity contribution >= 4 is 33.2 Å². The van der Waals surface area contributed by atoms with Crippen LogP contribution in [0.3, 0.4) is 0 Å². The van der Waals surface area contributed by atoms with E-state index >= 15 is 0 Å². The average Bonchev–Trinajstić information content (AvgIpc) is 2.99. The summed E-state index contributed by atoms with van der Waals surface area (Å²) in [7, 11) is -3.49. The Morgan fingerprint density at radius 2 is 1.71 bits per heavy atom. The Morgan fingerprint density at radius 1 is 1.08 bits per heavy atom. The second-order valence-electron chi connectivity index (χ2n) is 5.26. The van der Waals surface area contributed by atoms with Gasteiger partial charge in [0.25, 0.3) is 0 Å². The molecule has 0 bridgehead atoms. The molecule has 0 atom stereocenters. The number of carbonyl (C=O) groups is 1. The molecule has 0 aliphatic rings. The summed E-state index contributed by atoms with van der Waals surface area (Å²) in [5.41, 5.74) is 0.470. The maximum atomic E-state index is 12.4. The van der Waals surface area contributed by atoms with Crippen molar-refractivity contribution in [3.05, 3.63) is 57.8 Å². The van der Waals surface area contributed by atoms with E-state index in [1.807, 2.05) is 19.1 Å². The molecule has 2 rings (SSSR count). The van der Waals surface area contributed by atoms with Gasteiger partial charge in [-0.1, -0.05) is 13.8 Å². The van der Waals surface area contributed by atoms with Gasteiger partial charge < -0.3 is 0 Å². The van der Waals surface area contributed by atoms with Crippen molar-refractivity contribution < 1.29 is 13.2 Å². The van der Waals surface area contributed by atoms with Gasteiger partial charge in [0.15, 0.2) is 5.78 Å². The first kappa shape index (κ1) is 18.6. The molecule has 0 radical (unpaired) electrons. The smallest absolute Gasteiger partial charge is 0.243 e. The zero-order chi connectivity index (χ0) is 17.7. The summed E-state index contributed by atoms with van der Waals surface area (Å²) in [5.74, 6) is -0.146. The van der Waals surface area contributed by atoms with Crippen LogP contribution in [0.25, 0.3) is 6.08 Å². The lowest BCUT2D eigenvalue weighted by Crippen LogP contribution is -2.30. The van der Waals surface area contributed by atoms with Crippen molar-refractivity contribution in [1.82, 2.24) is 4.31 Å². The Hall–Kier alpha value is -1.76. The van der Waals surface area contributed by atoms with E-state index in [9.17, 15) is 13.2 Å². The molecule has 0 saturated heterocycles. The highest BCUT2D eigenvalue weighted by Gasteiger charge is 2.21. The molecule has 1 heterocycles. The molecule has 1 aromatic carbocycles. The molecule has 0 spiro atoms. The summed E-state index contributed by atoms with van der Waals surface area (Å²) >= 11 is 1.62. The predicted molar refractivity (Wildman–Crippen MR) is 99.0 cm³/mol. The van der Waals surface area contributed by atoms with Gasteiger partial charge in [0, 0.05) is 28.4 Å². The van der Waals surface area contributed by atoms with Crippen molar-refractivity contribution in [3.8, 4) is 0 Å². The largest absolute Gasteiger partial charge is 0.289 e. The lowest BCUT2D eigenvalue weighted by atomic mass is 10.1. The molecule has 2 aromatic rings. The number of benzene rings is 1. The van der Waals surface area contributed by atoms with E-state index in [1.165, 1.54) is 27.4 Å². The summed E-state index contributed by atoms with van der Waals surface area (Å²) in [6, 6.07) is 10.1. The van der Waals surface area contributed by atoms with Gasteiger partial charge in [0.1, 0.15) is 0 Å². The second kappa shape index (κ2) is 7.88. The number of allylic oxidation sites excluding steroid dienone is 1. The summed E-state index contributed by atoms with van der Waals surface area (Å²) in [6.07, 6.45) is 3.29. The molecular formula is C18H21NO3S2. The van der Waals surface area contributed by atoms with Crippen LogP contribution < -0.4 is 0 Å². The van der Waals surface area contributed by atoms with Crippen LogP contribution >= 0.6 is 11.3 Å². The molecule has 6 heteroatoms. The van der Waals surface area contributed by atoms with Crippen LogP contribution in [-0.2, 0) is 10.0 Å². The molecule has 0 N–H and O–H groups in total. The van der Waals surface area contributed by atoms with Crippen LogP contribution in [0.5, 0.6) is 0 Å². The van der Waals surface area contributed by atoms with E-state index < -0.39 is 10.0 Å². The zero-order valence-corrected chi connectivity index (χ0v) is 15.7. The minimum atomic E-state index is -3.49. The molecule has 4 nitrogen and oxygen atoms in total. The molecule has 0 aliphatic heterocycles. The fraction of sp³-hybridized carbons (Fsp3) is 0.278. The lowest BCUT2D eigenvalue weighted by Gasteiger charge is -2.18. The highest BCUT2D eigenvalue weighted by molar-refractivity contribution is 7.89.